The van der Waals surface area contributed by atoms with Crippen molar-refractivity contribution in [3.8, 4) is 11.4 Å². The number of aryl methyl sites for hydroxylation is 1. The van der Waals surface area contributed by atoms with Gasteiger partial charge < -0.3 is 9.42 Å². The molecule has 3 aromatic rings. The molecule has 1 aliphatic rings. The van der Waals surface area contributed by atoms with Gasteiger partial charge in [-0.1, -0.05) is 46.6 Å². The Kier molecular flexibility index (Phi) is 4.86. The molecule has 134 valence electrons. The summed E-state index contributed by atoms with van der Waals surface area (Å²) in [5, 5.41) is 4.77. The summed E-state index contributed by atoms with van der Waals surface area (Å²) in [7, 11) is 0. The number of hydrogen-bond acceptors (Lipinski definition) is 6. The van der Waals surface area contributed by atoms with Crippen molar-refractivity contribution in [3.05, 3.63) is 59.1 Å². The molecule has 1 saturated heterocycles. The summed E-state index contributed by atoms with van der Waals surface area (Å²) in [5.74, 6) is 2.26. The van der Waals surface area contributed by atoms with E-state index in [1.807, 2.05) is 24.3 Å². The maximum Gasteiger partial charge on any atom is 0.241 e. The third kappa shape index (κ3) is 3.86. The van der Waals surface area contributed by atoms with Gasteiger partial charge in [0.15, 0.2) is 0 Å². The largest absolute Gasteiger partial charge is 0.354 e. The van der Waals surface area contributed by atoms with Crippen molar-refractivity contribution in [3.63, 3.8) is 0 Å². The number of halogens is 1. The lowest BCUT2D eigenvalue weighted by Gasteiger charge is -2.34. The minimum atomic E-state index is 0.643. The maximum atomic E-state index is 5.91. The number of benzene rings is 1. The fraction of sp³-hybridized carbons (Fsp3) is 0.316. The van der Waals surface area contributed by atoms with Gasteiger partial charge >= 0.3 is 0 Å². The number of piperazine rings is 1. The van der Waals surface area contributed by atoms with E-state index in [0.29, 0.717) is 23.3 Å². The predicted molar refractivity (Wildman–Crippen MR) is 101 cm³/mol. The average Bonchev–Trinajstić information content (AvgIpc) is 3.12. The first kappa shape index (κ1) is 17.0. The molecule has 0 radical (unpaired) electrons. The van der Waals surface area contributed by atoms with E-state index in [1.54, 1.807) is 6.20 Å². The Labute approximate surface area is 157 Å². The van der Waals surface area contributed by atoms with Crippen LogP contribution in [0.3, 0.4) is 0 Å². The molecular weight excluding hydrogens is 350 g/mol. The molecule has 2 aromatic heterocycles. The van der Waals surface area contributed by atoms with Gasteiger partial charge in [0.25, 0.3) is 0 Å². The molecule has 0 unspecified atom stereocenters. The predicted octanol–water partition coefficient (Wildman–Crippen LogP) is 3.42. The van der Waals surface area contributed by atoms with Crippen molar-refractivity contribution in [1.82, 2.24) is 20.0 Å². The Balaban J connectivity index is 1.34. The highest BCUT2D eigenvalue weighted by Gasteiger charge is 2.20. The van der Waals surface area contributed by atoms with Crippen LogP contribution in [0.15, 0.2) is 47.1 Å². The number of nitrogens with zero attached hydrogens (tertiary/aromatic N) is 5. The molecule has 7 heteroatoms. The zero-order chi connectivity index (χ0) is 17.9. The van der Waals surface area contributed by atoms with Gasteiger partial charge in [0, 0.05) is 37.9 Å². The minimum absolute atomic E-state index is 0.643. The first-order valence-electron chi connectivity index (χ1n) is 8.66. The molecule has 0 spiro atoms. The van der Waals surface area contributed by atoms with Gasteiger partial charge in [-0.15, -0.1) is 0 Å². The molecule has 1 aliphatic heterocycles. The Morgan fingerprint density at radius 2 is 1.81 bits per heavy atom. The first-order valence-corrected chi connectivity index (χ1v) is 9.04. The quantitative estimate of drug-likeness (QED) is 0.702. The Hall–Kier alpha value is -2.44. The van der Waals surface area contributed by atoms with Crippen LogP contribution in [-0.4, -0.2) is 46.2 Å². The lowest BCUT2D eigenvalue weighted by atomic mass is 10.1. The van der Waals surface area contributed by atoms with Crippen LogP contribution in [0.2, 0.25) is 5.02 Å². The van der Waals surface area contributed by atoms with Crippen LogP contribution in [0.1, 0.15) is 11.5 Å². The van der Waals surface area contributed by atoms with E-state index in [9.17, 15) is 0 Å². The van der Waals surface area contributed by atoms with E-state index in [2.05, 4.69) is 44.0 Å². The summed E-state index contributed by atoms with van der Waals surface area (Å²) >= 11 is 5.91. The summed E-state index contributed by atoms with van der Waals surface area (Å²) in [5.41, 5.74) is 2.19. The SMILES string of the molecule is Cc1ccc(-c2noc(CN3CCN(c4ccc(Cl)cn4)CC3)n2)cc1. The molecule has 0 saturated carbocycles. The molecule has 4 rings (SSSR count). The van der Waals surface area contributed by atoms with Crippen LogP contribution in [0.5, 0.6) is 0 Å². The van der Waals surface area contributed by atoms with Crippen LogP contribution < -0.4 is 4.90 Å². The van der Waals surface area contributed by atoms with Crippen LogP contribution in [0, 0.1) is 6.92 Å². The van der Waals surface area contributed by atoms with Gasteiger partial charge in [-0.2, -0.15) is 4.98 Å². The molecule has 0 atom stereocenters. The summed E-state index contributed by atoms with van der Waals surface area (Å²) in [6, 6.07) is 12.0. The molecule has 0 aliphatic carbocycles. The summed E-state index contributed by atoms with van der Waals surface area (Å²) in [6.07, 6.45) is 1.69. The van der Waals surface area contributed by atoms with Crippen molar-refractivity contribution in [1.29, 1.82) is 0 Å². The number of anilines is 1. The molecule has 3 heterocycles. The van der Waals surface area contributed by atoms with Gasteiger partial charge in [-0.25, -0.2) is 4.98 Å². The second kappa shape index (κ2) is 7.43. The molecule has 1 aromatic carbocycles. The molecule has 0 bridgehead atoms. The smallest absolute Gasteiger partial charge is 0.241 e. The summed E-state index contributed by atoms with van der Waals surface area (Å²) in [4.78, 5) is 13.5. The Morgan fingerprint density at radius 3 is 2.50 bits per heavy atom. The summed E-state index contributed by atoms with van der Waals surface area (Å²) in [6.45, 7) is 6.39. The lowest BCUT2D eigenvalue weighted by molar-refractivity contribution is 0.215. The topological polar surface area (TPSA) is 58.3 Å². The highest BCUT2D eigenvalue weighted by molar-refractivity contribution is 6.30. The van der Waals surface area contributed by atoms with E-state index in [1.165, 1.54) is 5.56 Å². The van der Waals surface area contributed by atoms with Crippen molar-refractivity contribution in [2.75, 3.05) is 31.1 Å². The molecule has 0 N–H and O–H groups in total. The van der Waals surface area contributed by atoms with Crippen molar-refractivity contribution >= 4 is 17.4 Å². The average molecular weight is 370 g/mol. The second-order valence-electron chi connectivity index (χ2n) is 6.48. The zero-order valence-corrected chi connectivity index (χ0v) is 15.4. The standard InChI is InChI=1S/C19H20ClN5O/c1-14-2-4-15(5-3-14)19-22-18(26-23-19)13-24-8-10-25(11-9-24)17-7-6-16(20)12-21-17/h2-7,12H,8-11,13H2,1H3. The normalized spacial score (nSPS) is 15.4. The van der Waals surface area contributed by atoms with Gasteiger partial charge in [-0.3, -0.25) is 4.90 Å². The molecule has 6 nitrogen and oxygen atoms in total. The van der Waals surface area contributed by atoms with E-state index >= 15 is 0 Å². The highest BCUT2D eigenvalue weighted by Crippen LogP contribution is 2.19. The first-order chi connectivity index (χ1) is 12.7. The fourth-order valence-electron chi connectivity index (χ4n) is 3.02. The highest BCUT2D eigenvalue weighted by atomic mass is 35.5. The van der Waals surface area contributed by atoms with E-state index in [4.69, 9.17) is 16.1 Å². The second-order valence-corrected chi connectivity index (χ2v) is 6.91. The number of hydrogen-bond donors (Lipinski definition) is 0. The monoisotopic (exact) mass is 369 g/mol. The van der Waals surface area contributed by atoms with E-state index < -0.39 is 0 Å². The number of rotatable bonds is 4. The van der Waals surface area contributed by atoms with Gasteiger partial charge in [0.2, 0.25) is 11.7 Å². The molecular formula is C19H20ClN5O. The Morgan fingerprint density at radius 1 is 1.04 bits per heavy atom. The third-order valence-electron chi connectivity index (χ3n) is 4.54. The Bertz CT molecular complexity index is 854. The molecule has 26 heavy (non-hydrogen) atoms. The lowest BCUT2D eigenvalue weighted by Crippen LogP contribution is -2.46. The maximum absolute atomic E-state index is 5.91. The van der Waals surface area contributed by atoms with Gasteiger partial charge in [0.1, 0.15) is 5.82 Å². The number of pyridine rings is 1. The van der Waals surface area contributed by atoms with E-state index in [0.717, 1.165) is 37.6 Å². The minimum Gasteiger partial charge on any atom is -0.354 e. The molecule has 0 amide bonds. The van der Waals surface area contributed by atoms with Gasteiger partial charge in [-0.05, 0) is 19.1 Å². The van der Waals surface area contributed by atoms with E-state index in [-0.39, 0.29) is 0 Å². The van der Waals surface area contributed by atoms with Crippen LogP contribution in [0.4, 0.5) is 5.82 Å². The summed E-state index contributed by atoms with van der Waals surface area (Å²) < 4.78 is 5.43. The zero-order valence-electron chi connectivity index (χ0n) is 14.6. The number of aromatic nitrogens is 3. The van der Waals surface area contributed by atoms with Crippen LogP contribution in [-0.2, 0) is 6.54 Å². The van der Waals surface area contributed by atoms with Crippen molar-refractivity contribution in [2.45, 2.75) is 13.5 Å². The molecule has 1 fully saturated rings. The van der Waals surface area contributed by atoms with Crippen molar-refractivity contribution < 1.29 is 4.52 Å². The third-order valence-corrected chi connectivity index (χ3v) is 4.77. The van der Waals surface area contributed by atoms with Gasteiger partial charge in [0.05, 0.1) is 11.6 Å². The van der Waals surface area contributed by atoms with Crippen LogP contribution in [0.25, 0.3) is 11.4 Å². The van der Waals surface area contributed by atoms with Crippen LogP contribution >= 0.6 is 11.6 Å². The fourth-order valence-corrected chi connectivity index (χ4v) is 3.13. The van der Waals surface area contributed by atoms with Crippen molar-refractivity contribution in [2.24, 2.45) is 0 Å².